The summed E-state index contributed by atoms with van der Waals surface area (Å²) in [5.74, 6) is -0.803. The molecule has 3 rings (SSSR count). The van der Waals surface area contributed by atoms with E-state index in [1.54, 1.807) is 30.3 Å². The second-order valence-electron chi connectivity index (χ2n) is 5.20. The van der Waals surface area contributed by atoms with E-state index >= 15 is 0 Å². The van der Waals surface area contributed by atoms with Crippen LogP contribution in [-0.4, -0.2) is 18.0 Å². The number of rotatable bonds is 2. The van der Waals surface area contributed by atoms with Gasteiger partial charge in [0.05, 0.1) is 5.56 Å². The van der Waals surface area contributed by atoms with Crippen molar-refractivity contribution in [3.05, 3.63) is 64.2 Å². The Morgan fingerprint density at radius 3 is 2.82 bits per heavy atom. The number of fused-ring (bicyclic) bond motifs is 1. The molecule has 0 saturated heterocycles. The molecule has 112 valence electrons. The molecule has 0 unspecified atom stereocenters. The number of nitrogens with one attached hydrogen (secondary N) is 1. The minimum Gasteiger partial charge on any atom is -0.448 e. The van der Waals surface area contributed by atoms with Crippen molar-refractivity contribution in [2.75, 3.05) is 5.32 Å². The first-order chi connectivity index (χ1) is 10.5. The molecule has 0 saturated carbocycles. The molecule has 5 heteroatoms. The maximum atomic E-state index is 12.3. The average molecular weight is 316 g/mol. The van der Waals surface area contributed by atoms with Crippen molar-refractivity contribution in [2.45, 2.75) is 19.4 Å². The summed E-state index contributed by atoms with van der Waals surface area (Å²) in [6.07, 6.45) is -0.446. The standard InChI is InChI=1S/C17H14ClNO3/c1-10-8-12(18)6-7-14(10)19-16(20)15-9-11-4-2-3-5-13(11)17(21)22-15/h2-8,15H,9H2,1H3,(H,19,20)/t15-/m1/s1. The Morgan fingerprint density at radius 1 is 1.27 bits per heavy atom. The molecule has 1 aliphatic rings. The number of carbonyl (C=O) groups excluding carboxylic acids is 2. The molecule has 0 aromatic heterocycles. The maximum Gasteiger partial charge on any atom is 0.339 e. The van der Waals surface area contributed by atoms with Gasteiger partial charge in [-0.25, -0.2) is 4.79 Å². The van der Waals surface area contributed by atoms with E-state index in [-0.39, 0.29) is 5.91 Å². The second kappa shape index (κ2) is 5.81. The fraction of sp³-hybridized carbons (Fsp3) is 0.176. The zero-order chi connectivity index (χ0) is 15.7. The van der Waals surface area contributed by atoms with Crippen molar-refractivity contribution in [3.63, 3.8) is 0 Å². The molecule has 2 aromatic carbocycles. The van der Waals surface area contributed by atoms with E-state index in [2.05, 4.69) is 5.32 Å². The summed E-state index contributed by atoms with van der Waals surface area (Å²) in [7, 11) is 0. The topological polar surface area (TPSA) is 55.4 Å². The van der Waals surface area contributed by atoms with Crippen LogP contribution in [0.1, 0.15) is 21.5 Å². The highest BCUT2D eigenvalue weighted by atomic mass is 35.5. The van der Waals surface area contributed by atoms with Crippen LogP contribution in [0.25, 0.3) is 0 Å². The monoisotopic (exact) mass is 315 g/mol. The number of hydrogen-bond acceptors (Lipinski definition) is 3. The summed E-state index contributed by atoms with van der Waals surface area (Å²) < 4.78 is 5.23. The van der Waals surface area contributed by atoms with Crippen LogP contribution < -0.4 is 5.32 Å². The molecule has 2 aromatic rings. The van der Waals surface area contributed by atoms with Crippen LogP contribution in [0, 0.1) is 6.92 Å². The number of anilines is 1. The lowest BCUT2D eigenvalue weighted by Gasteiger charge is -2.24. The van der Waals surface area contributed by atoms with Crippen molar-refractivity contribution in [2.24, 2.45) is 0 Å². The molecule has 0 spiro atoms. The van der Waals surface area contributed by atoms with Crippen molar-refractivity contribution in [1.29, 1.82) is 0 Å². The van der Waals surface area contributed by atoms with Gasteiger partial charge in [0.1, 0.15) is 0 Å². The summed E-state index contributed by atoms with van der Waals surface area (Å²) in [6.45, 7) is 1.85. The molecular weight excluding hydrogens is 302 g/mol. The predicted molar refractivity (Wildman–Crippen MR) is 84.2 cm³/mol. The Labute approximate surface area is 133 Å². The van der Waals surface area contributed by atoms with Gasteiger partial charge >= 0.3 is 5.97 Å². The van der Waals surface area contributed by atoms with Crippen LogP contribution in [0.15, 0.2) is 42.5 Å². The number of cyclic esters (lactones) is 1. The number of amides is 1. The molecular formula is C17H14ClNO3. The third kappa shape index (κ3) is 2.83. The summed E-state index contributed by atoms with van der Waals surface area (Å²) in [6, 6.07) is 12.4. The summed E-state index contributed by atoms with van der Waals surface area (Å²) in [5, 5.41) is 3.39. The van der Waals surface area contributed by atoms with Gasteiger partial charge < -0.3 is 10.1 Å². The first kappa shape index (κ1) is 14.6. The third-order valence-corrected chi connectivity index (χ3v) is 3.87. The molecule has 0 aliphatic carbocycles. The smallest absolute Gasteiger partial charge is 0.339 e. The second-order valence-corrected chi connectivity index (χ2v) is 5.64. The van der Waals surface area contributed by atoms with E-state index in [4.69, 9.17) is 16.3 Å². The minimum atomic E-state index is -0.822. The Bertz CT molecular complexity index is 757. The van der Waals surface area contributed by atoms with Crippen LogP contribution in [0.4, 0.5) is 5.69 Å². The summed E-state index contributed by atoms with van der Waals surface area (Å²) >= 11 is 5.90. The van der Waals surface area contributed by atoms with Gasteiger partial charge in [-0.05, 0) is 42.3 Å². The molecule has 0 bridgehead atoms. The summed E-state index contributed by atoms with van der Waals surface area (Å²) in [5.41, 5.74) is 2.86. The van der Waals surface area contributed by atoms with Crippen molar-refractivity contribution < 1.29 is 14.3 Å². The van der Waals surface area contributed by atoms with Gasteiger partial charge in [0.25, 0.3) is 5.91 Å². The Hall–Kier alpha value is -2.33. The van der Waals surface area contributed by atoms with Crippen LogP contribution >= 0.6 is 11.6 Å². The third-order valence-electron chi connectivity index (χ3n) is 3.63. The first-order valence-electron chi connectivity index (χ1n) is 6.90. The molecule has 1 N–H and O–H groups in total. The van der Waals surface area contributed by atoms with Crippen LogP contribution in [0.2, 0.25) is 5.02 Å². The van der Waals surface area contributed by atoms with Crippen LogP contribution in [-0.2, 0) is 16.0 Å². The van der Waals surface area contributed by atoms with E-state index in [0.29, 0.717) is 22.7 Å². The lowest BCUT2D eigenvalue weighted by molar-refractivity contribution is -0.125. The Balaban J connectivity index is 1.78. The van der Waals surface area contributed by atoms with Crippen molar-refractivity contribution >= 4 is 29.2 Å². The van der Waals surface area contributed by atoms with Crippen molar-refractivity contribution in [3.8, 4) is 0 Å². The van der Waals surface area contributed by atoms with Gasteiger partial charge in [-0.1, -0.05) is 29.8 Å². The van der Waals surface area contributed by atoms with E-state index in [1.165, 1.54) is 0 Å². The average Bonchev–Trinajstić information content (AvgIpc) is 2.50. The lowest BCUT2D eigenvalue weighted by Crippen LogP contribution is -2.38. The highest BCUT2D eigenvalue weighted by Crippen LogP contribution is 2.23. The van der Waals surface area contributed by atoms with Gasteiger partial charge in [-0.15, -0.1) is 0 Å². The van der Waals surface area contributed by atoms with Gasteiger partial charge in [0, 0.05) is 17.1 Å². The molecule has 0 radical (unpaired) electrons. The molecule has 1 amide bonds. The predicted octanol–water partition coefficient (Wildman–Crippen LogP) is 3.37. The summed E-state index contributed by atoms with van der Waals surface area (Å²) in [4.78, 5) is 24.3. The molecule has 1 atom stereocenters. The van der Waals surface area contributed by atoms with Gasteiger partial charge in [0.2, 0.25) is 0 Å². The Kier molecular flexibility index (Phi) is 3.86. The number of hydrogen-bond donors (Lipinski definition) is 1. The Morgan fingerprint density at radius 2 is 2.05 bits per heavy atom. The lowest BCUT2D eigenvalue weighted by atomic mass is 9.98. The van der Waals surface area contributed by atoms with Crippen LogP contribution in [0.3, 0.4) is 0 Å². The van der Waals surface area contributed by atoms with Gasteiger partial charge in [-0.3, -0.25) is 4.79 Å². The quantitative estimate of drug-likeness (QED) is 0.864. The number of aryl methyl sites for hydroxylation is 1. The molecule has 4 nitrogen and oxygen atoms in total. The molecule has 0 fully saturated rings. The van der Waals surface area contributed by atoms with Crippen molar-refractivity contribution in [1.82, 2.24) is 0 Å². The van der Waals surface area contributed by atoms with E-state index in [1.807, 2.05) is 19.1 Å². The minimum absolute atomic E-state index is 0.340. The molecule has 22 heavy (non-hydrogen) atoms. The number of benzene rings is 2. The normalized spacial score (nSPS) is 16.6. The van der Waals surface area contributed by atoms with E-state index in [9.17, 15) is 9.59 Å². The van der Waals surface area contributed by atoms with Gasteiger partial charge in [-0.2, -0.15) is 0 Å². The highest BCUT2D eigenvalue weighted by molar-refractivity contribution is 6.30. The number of esters is 1. The zero-order valence-corrected chi connectivity index (χ0v) is 12.7. The molecule has 1 heterocycles. The fourth-order valence-corrected chi connectivity index (χ4v) is 2.68. The largest absolute Gasteiger partial charge is 0.448 e. The number of ether oxygens (including phenoxy) is 1. The number of carbonyl (C=O) groups is 2. The van der Waals surface area contributed by atoms with E-state index < -0.39 is 12.1 Å². The van der Waals surface area contributed by atoms with Gasteiger partial charge in [0.15, 0.2) is 6.10 Å². The highest BCUT2D eigenvalue weighted by Gasteiger charge is 2.31. The zero-order valence-electron chi connectivity index (χ0n) is 11.9. The fourth-order valence-electron chi connectivity index (χ4n) is 2.46. The number of halogens is 1. The SMILES string of the molecule is Cc1cc(Cl)ccc1NC(=O)[C@H]1Cc2ccccc2C(=O)O1. The van der Waals surface area contributed by atoms with Crippen LogP contribution in [0.5, 0.6) is 0 Å². The first-order valence-corrected chi connectivity index (χ1v) is 7.28. The molecule has 1 aliphatic heterocycles. The van der Waals surface area contributed by atoms with E-state index in [0.717, 1.165) is 11.1 Å². The maximum absolute atomic E-state index is 12.3.